The summed E-state index contributed by atoms with van der Waals surface area (Å²) in [5.74, 6) is -0.288. The largest absolute Gasteiger partial charge is 0.387 e. The number of rotatable bonds is 5. The van der Waals surface area contributed by atoms with Crippen molar-refractivity contribution in [1.29, 1.82) is 0 Å². The van der Waals surface area contributed by atoms with E-state index in [4.69, 9.17) is 27.8 Å². The third kappa shape index (κ3) is 4.59. The molecule has 0 aromatic heterocycles. The van der Waals surface area contributed by atoms with Gasteiger partial charge in [-0.1, -0.05) is 43.1 Å². The summed E-state index contributed by atoms with van der Waals surface area (Å²) in [4.78, 5) is 0. The van der Waals surface area contributed by atoms with Crippen LogP contribution in [0.3, 0.4) is 0 Å². The molecule has 0 unspecified atom stereocenters. The fraction of sp³-hybridized carbons (Fsp3) is 0.455. The summed E-state index contributed by atoms with van der Waals surface area (Å²) < 4.78 is 32.7. The quantitative estimate of drug-likeness (QED) is 0.725. The monoisotopic (exact) mass is 327 g/mol. The summed E-state index contributed by atoms with van der Waals surface area (Å²) in [6.07, 6.45) is -1.27. The molecule has 0 aliphatic carbocycles. The van der Waals surface area contributed by atoms with E-state index in [1.807, 2.05) is 4.72 Å². The third-order valence-electron chi connectivity index (χ3n) is 2.64. The molecule has 2 atom stereocenters. The Kier molecular flexibility index (Phi) is 5.61. The highest BCUT2D eigenvalue weighted by Crippen LogP contribution is 2.33. The maximum atomic E-state index is 10.9. The van der Waals surface area contributed by atoms with Crippen LogP contribution >= 0.6 is 23.2 Å². The van der Waals surface area contributed by atoms with E-state index in [9.17, 15) is 13.5 Å². The Bertz CT molecular complexity index is 527. The lowest BCUT2D eigenvalue weighted by molar-refractivity contribution is 0.116. The van der Waals surface area contributed by atoms with Crippen LogP contribution < -0.4 is 4.72 Å². The van der Waals surface area contributed by atoms with Crippen LogP contribution in [-0.4, -0.2) is 24.1 Å². The van der Waals surface area contributed by atoms with Gasteiger partial charge in [0.15, 0.2) is 0 Å². The predicted molar refractivity (Wildman–Crippen MR) is 74.7 cm³/mol. The van der Waals surface area contributed by atoms with Crippen LogP contribution in [0, 0.1) is 5.92 Å². The number of nitrogens with one attached hydrogen (secondary N) is 1. The van der Waals surface area contributed by atoms with Crippen molar-refractivity contribution in [3.05, 3.63) is 33.8 Å². The number of benzene rings is 1. The molecule has 1 aromatic carbocycles. The Morgan fingerprint density at radius 3 is 2.05 bits per heavy atom. The molecule has 1 rings (SSSR count). The van der Waals surface area contributed by atoms with Crippen LogP contribution in [0.2, 0.25) is 10.0 Å². The van der Waals surface area contributed by atoms with Crippen molar-refractivity contribution in [1.82, 2.24) is 4.72 Å². The van der Waals surface area contributed by atoms with Crippen molar-refractivity contribution >= 4 is 33.5 Å². The molecule has 5 nitrogen and oxygen atoms in total. The summed E-state index contributed by atoms with van der Waals surface area (Å²) >= 11 is 11.9. The fourth-order valence-corrected chi connectivity index (χ4v) is 3.08. The zero-order valence-electron chi connectivity index (χ0n) is 10.3. The highest BCUT2D eigenvalue weighted by Gasteiger charge is 2.30. The molecule has 108 valence electrons. The van der Waals surface area contributed by atoms with Gasteiger partial charge in [-0.2, -0.15) is 13.1 Å². The first-order valence-electron chi connectivity index (χ1n) is 5.50. The van der Waals surface area contributed by atoms with Crippen molar-refractivity contribution in [2.45, 2.75) is 26.0 Å². The molecule has 0 bridgehead atoms. The molecule has 0 radical (unpaired) electrons. The van der Waals surface area contributed by atoms with Gasteiger partial charge in [-0.05, 0) is 18.1 Å². The first-order chi connectivity index (χ1) is 8.63. The molecule has 3 N–H and O–H groups in total. The van der Waals surface area contributed by atoms with Crippen LogP contribution in [0.4, 0.5) is 0 Å². The Morgan fingerprint density at radius 2 is 1.68 bits per heavy atom. The Hall–Kier alpha value is -0.370. The van der Waals surface area contributed by atoms with E-state index >= 15 is 0 Å². The maximum absolute atomic E-state index is 10.9. The van der Waals surface area contributed by atoms with Crippen molar-refractivity contribution in [2.24, 2.45) is 5.92 Å². The topological polar surface area (TPSA) is 86.6 Å². The van der Waals surface area contributed by atoms with Crippen molar-refractivity contribution in [3.63, 3.8) is 0 Å². The van der Waals surface area contributed by atoms with E-state index in [0.29, 0.717) is 0 Å². The Labute approximate surface area is 122 Å². The van der Waals surface area contributed by atoms with Gasteiger partial charge in [-0.15, -0.1) is 0 Å². The number of hydrogen-bond donors (Lipinski definition) is 3. The molecule has 0 aliphatic rings. The lowest BCUT2D eigenvalue weighted by atomic mass is 9.94. The first kappa shape index (κ1) is 16.7. The van der Waals surface area contributed by atoms with Crippen LogP contribution in [-0.2, 0) is 10.3 Å². The van der Waals surface area contributed by atoms with Gasteiger partial charge >= 0.3 is 10.3 Å². The molecule has 0 saturated heterocycles. The average Bonchev–Trinajstić information content (AvgIpc) is 2.23. The minimum absolute atomic E-state index is 0.223. The van der Waals surface area contributed by atoms with E-state index < -0.39 is 22.4 Å². The van der Waals surface area contributed by atoms with Gasteiger partial charge in [0.2, 0.25) is 0 Å². The number of halogens is 2. The molecule has 0 saturated carbocycles. The minimum atomic E-state index is -4.44. The predicted octanol–water partition coefficient (Wildman–Crippen LogP) is 2.44. The average molecular weight is 328 g/mol. The van der Waals surface area contributed by atoms with Crippen LogP contribution in [0.15, 0.2) is 18.2 Å². The van der Waals surface area contributed by atoms with Gasteiger partial charge in [-0.3, -0.25) is 4.55 Å². The minimum Gasteiger partial charge on any atom is -0.387 e. The molecular weight excluding hydrogens is 313 g/mol. The van der Waals surface area contributed by atoms with E-state index in [2.05, 4.69) is 0 Å². The van der Waals surface area contributed by atoms with Crippen LogP contribution in [0.25, 0.3) is 0 Å². The molecule has 8 heteroatoms. The molecule has 0 heterocycles. The molecule has 1 aromatic rings. The second-order valence-electron chi connectivity index (χ2n) is 4.44. The Morgan fingerprint density at radius 1 is 1.21 bits per heavy atom. The van der Waals surface area contributed by atoms with Gasteiger partial charge in [0, 0.05) is 15.6 Å². The molecule has 0 amide bonds. The summed E-state index contributed by atoms with van der Waals surface area (Å²) in [6, 6.07) is 3.74. The standard InChI is InChI=1S/C11H15Cl2NO4S/c1-6(2)10(14-19(16,17)18)11(15)9-7(12)4-3-5-8(9)13/h3-6,10-11,14-15H,1-2H3,(H,16,17,18)/t10-,11-/m1/s1. The zero-order valence-corrected chi connectivity index (χ0v) is 12.7. The molecular formula is C11H15Cl2NO4S. The second-order valence-corrected chi connectivity index (χ2v) is 6.44. The SMILES string of the molecule is CC(C)[C@@H](NS(=O)(=O)O)[C@H](O)c1c(Cl)cccc1Cl. The van der Waals surface area contributed by atoms with E-state index in [-0.39, 0.29) is 21.5 Å². The van der Waals surface area contributed by atoms with Crippen molar-refractivity contribution in [3.8, 4) is 0 Å². The zero-order chi connectivity index (χ0) is 14.8. The molecule has 19 heavy (non-hydrogen) atoms. The van der Waals surface area contributed by atoms with Gasteiger partial charge in [0.05, 0.1) is 12.1 Å². The van der Waals surface area contributed by atoms with E-state index in [1.165, 1.54) is 12.1 Å². The van der Waals surface area contributed by atoms with Gasteiger partial charge < -0.3 is 5.11 Å². The molecule has 0 spiro atoms. The highest BCUT2D eigenvalue weighted by molar-refractivity contribution is 7.83. The van der Waals surface area contributed by atoms with Crippen LogP contribution in [0.1, 0.15) is 25.5 Å². The van der Waals surface area contributed by atoms with Crippen LogP contribution in [0.5, 0.6) is 0 Å². The van der Waals surface area contributed by atoms with E-state index in [0.717, 1.165) is 0 Å². The fourth-order valence-electron chi connectivity index (χ4n) is 1.71. The van der Waals surface area contributed by atoms with E-state index in [1.54, 1.807) is 19.9 Å². The first-order valence-corrected chi connectivity index (χ1v) is 7.69. The Balaban J connectivity index is 3.17. The lowest BCUT2D eigenvalue weighted by Crippen LogP contribution is -2.42. The number of aliphatic hydroxyl groups excluding tert-OH is 1. The summed E-state index contributed by atoms with van der Waals surface area (Å²) in [6.45, 7) is 3.38. The summed E-state index contributed by atoms with van der Waals surface area (Å²) in [5.41, 5.74) is 0.223. The van der Waals surface area contributed by atoms with Crippen molar-refractivity contribution < 1.29 is 18.1 Å². The lowest BCUT2D eigenvalue weighted by Gasteiger charge is -2.27. The third-order valence-corrected chi connectivity index (χ3v) is 3.87. The van der Waals surface area contributed by atoms with Crippen molar-refractivity contribution in [2.75, 3.05) is 0 Å². The maximum Gasteiger partial charge on any atom is 0.333 e. The normalized spacial score (nSPS) is 15.5. The molecule has 0 aliphatic heterocycles. The van der Waals surface area contributed by atoms with Gasteiger partial charge in [-0.25, -0.2) is 0 Å². The van der Waals surface area contributed by atoms with Gasteiger partial charge in [0.1, 0.15) is 0 Å². The number of aliphatic hydroxyl groups is 1. The van der Waals surface area contributed by atoms with Gasteiger partial charge in [0.25, 0.3) is 0 Å². The summed E-state index contributed by atoms with van der Waals surface area (Å²) in [5, 5.41) is 10.7. The second kappa shape index (κ2) is 6.39. The number of hydrogen-bond acceptors (Lipinski definition) is 3. The smallest absolute Gasteiger partial charge is 0.333 e. The highest BCUT2D eigenvalue weighted by atomic mass is 35.5. The molecule has 0 fully saturated rings. The summed E-state index contributed by atoms with van der Waals surface area (Å²) in [7, 11) is -4.44.